The van der Waals surface area contributed by atoms with Crippen molar-refractivity contribution in [2.75, 3.05) is 23.9 Å². The number of fused-ring (bicyclic) bond motifs is 1. The number of rotatable bonds is 5. The molecule has 0 bridgehead atoms. The van der Waals surface area contributed by atoms with E-state index < -0.39 is 11.9 Å². The molecule has 0 spiro atoms. The molecule has 0 radical (unpaired) electrons. The van der Waals surface area contributed by atoms with Gasteiger partial charge in [-0.25, -0.2) is 9.79 Å². The Kier molecular flexibility index (Phi) is 6.37. The number of hydrogen-bond acceptors (Lipinski definition) is 6. The zero-order valence-electron chi connectivity index (χ0n) is 18.5. The van der Waals surface area contributed by atoms with Crippen LogP contribution in [0.4, 0.5) is 17.1 Å². The fourth-order valence-corrected chi connectivity index (χ4v) is 4.34. The second kappa shape index (κ2) is 9.38. The van der Waals surface area contributed by atoms with Gasteiger partial charge in [-0.15, -0.1) is 11.3 Å². The second-order valence-corrected chi connectivity index (χ2v) is 8.65. The van der Waals surface area contributed by atoms with Crippen molar-refractivity contribution in [2.45, 2.75) is 20.3 Å². The fraction of sp³-hybridized carbons (Fsp3) is 0.200. The number of ether oxygens (including phenoxy) is 1. The Morgan fingerprint density at radius 3 is 2.61 bits per heavy atom. The third kappa shape index (κ3) is 4.70. The van der Waals surface area contributed by atoms with Crippen LogP contribution in [-0.4, -0.2) is 37.1 Å². The van der Waals surface area contributed by atoms with Crippen molar-refractivity contribution >= 4 is 51.9 Å². The first kappa shape index (κ1) is 22.4. The second-order valence-electron chi connectivity index (χ2n) is 7.70. The molecule has 33 heavy (non-hydrogen) atoms. The molecule has 1 N–H and O–H groups in total. The fourth-order valence-electron chi connectivity index (χ4n) is 3.62. The lowest BCUT2D eigenvalue weighted by molar-refractivity contribution is -0.120. The standard InChI is InChI=1S/C25H23N3O4S/c1-15-11-19-21(12-16(15)2)28(24(30)13-20(26-19)22-9-6-10-33-22)14-23(29)27-18-8-5-4-7-17(18)25(31)32-3/h4-12H,13-14H2,1-3H3,(H,27,29). The van der Waals surface area contributed by atoms with Crippen LogP contribution in [0.1, 0.15) is 32.8 Å². The normalized spacial score (nSPS) is 13.1. The Labute approximate surface area is 195 Å². The van der Waals surface area contributed by atoms with Crippen LogP contribution in [0, 0.1) is 13.8 Å². The topological polar surface area (TPSA) is 88.1 Å². The van der Waals surface area contributed by atoms with E-state index in [1.165, 1.54) is 23.3 Å². The highest BCUT2D eigenvalue weighted by molar-refractivity contribution is 7.12. The maximum Gasteiger partial charge on any atom is 0.339 e. The lowest BCUT2D eigenvalue weighted by Crippen LogP contribution is -2.38. The molecule has 1 aliphatic rings. The summed E-state index contributed by atoms with van der Waals surface area (Å²) in [6.07, 6.45) is 0.0827. The zero-order valence-corrected chi connectivity index (χ0v) is 19.4. The zero-order chi connectivity index (χ0) is 23.5. The number of hydrogen-bond donors (Lipinski definition) is 1. The van der Waals surface area contributed by atoms with Gasteiger partial charge in [0, 0.05) is 4.88 Å². The Morgan fingerprint density at radius 2 is 1.88 bits per heavy atom. The molecular formula is C25H23N3O4S. The van der Waals surface area contributed by atoms with E-state index >= 15 is 0 Å². The van der Waals surface area contributed by atoms with E-state index in [0.29, 0.717) is 22.8 Å². The number of methoxy groups -OCH3 is 1. The first-order chi connectivity index (χ1) is 15.9. The van der Waals surface area contributed by atoms with Crippen LogP contribution in [0.15, 0.2) is 58.9 Å². The molecule has 8 heteroatoms. The first-order valence-electron chi connectivity index (χ1n) is 10.4. The maximum absolute atomic E-state index is 13.3. The molecule has 2 aromatic carbocycles. The number of carbonyl (C=O) groups excluding carboxylic acids is 3. The van der Waals surface area contributed by atoms with Crippen LogP contribution in [0.2, 0.25) is 0 Å². The van der Waals surface area contributed by atoms with Gasteiger partial charge >= 0.3 is 5.97 Å². The molecule has 1 aliphatic heterocycles. The molecule has 4 rings (SSSR count). The number of amides is 2. The van der Waals surface area contributed by atoms with Crippen LogP contribution < -0.4 is 10.2 Å². The predicted octanol–water partition coefficient (Wildman–Crippen LogP) is 4.65. The van der Waals surface area contributed by atoms with Crippen LogP contribution >= 0.6 is 11.3 Å². The monoisotopic (exact) mass is 461 g/mol. The molecule has 0 aliphatic carbocycles. The minimum absolute atomic E-state index is 0.0827. The summed E-state index contributed by atoms with van der Waals surface area (Å²) in [5, 5.41) is 4.68. The average molecular weight is 462 g/mol. The maximum atomic E-state index is 13.3. The van der Waals surface area contributed by atoms with Crippen LogP contribution in [0.3, 0.4) is 0 Å². The highest BCUT2D eigenvalue weighted by Gasteiger charge is 2.28. The molecule has 0 fully saturated rings. The molecule has 2 amide bonds. The number of nitrogens with zero attached hydrogens (tertiary/aromatic N) is 2. The molecule has 0 atom stereocenters. The van der Waals surface area contributed by atoms with E-state index in [0.717, 1.165) is 16.0 Å². The van der Waals surface area contributed by atoms with Gasteiger partial charge in [0.2, 0.25) is 11.8 Å². The Hall–Kier alpha value is -3.78. The Balaban J connectivity index is 1.66. The summed E-state index contributed by atoms with van der Waals surface area (Å²) in [4.78, 5) is 45.5. The van der Waals surface area contributed by atoms with Gasteiger partial charge in [-0.3, -0.25) is 9.59 Å². The quantitative estimate of drug-likeness (QED) is 0.561. The summed E-state index contributed by atoms with van der Waals surface area (Å²) in [5.74, 6) is -1.20. The van der Waals surface area contributed by atoms with Gasteiger partial charge in [-0.05, 0) is 60.7 Å². The van der Waals surface area contributed by atoms with Crippen molar-refractivity contribution in [2.24, 2.45) is 4.99 Å². The van der Waals surface area contributed by atoms with E-state index in [1.807, 2.05) is 43.5 Å². The summed E-state index contributed by atoms with van der Waals surface area (Å²) in [6, 6.07) is 14.3. The predicted molar refractivity (Wildman–Crippen MR) is 130 cm³/mol. The van der Waals surface area contributed by atoms with Crippen LogP contribution in [0.25, 0.3) is 0 Å². The van der Waals surface area contributed by atoms with E-state index in [9.17, 15) is 14.4 Å². The molecular weight excluding hydrogens is 438 g/mol. The third-order valence-corrected chi connectivity index (χ3v) is 6.39. The smallest absolute Gasteiger partial charge is 0.339 e. The molecule has 3 aromatic rings. The molecule has 2 heterocycles. The number of nitrogens with one attached hydrogen (secondary N) is 1. The van der Waals surface area contributed by atoms with Crippen molar-refractivity contribution in [3.8, 4) is 0 Å². The Bertz CT molecular complexity index is 1260. The summed E-state index contributed by atoms with van der Waals surface area (Å²) in [7, 11) is 1.28. The molecule has 1 aromatic heterocycles. The van der Waals surface area contributed by atoms with Gasteiger partial charge in [0.1, 0.15) is 6.54 Å². The summed E-state index contributed by atoms with van der Waals surface area (Å²) in [6.45, 7) is 3.74. The molecule has 7 nitrogen and oxygen atoms in total. The number of thiophene rings is 1. The van der Waals surface area contributed by atoms with Crippen molar-refractivity contribution in [1.82, 2.24) is 0 Å². The highest BCUT2D eigenvalue weighted by atomic mass is 32.1. The van der Waals surface area contributed by atoms with Crippen LogP contribution in [-0.2, 0) is 14.3 Å². The molecule has 0 saturated heterocycles. The lowest BCUT2D eigenvalue weighted by Gasteiger charge is -2.23. The summed E-state index contributed by atoms with van der Waals surface area (Å²) < 4.78 is 4.79. The van der Waals surface area contributed by atoms with Crippen molar-refractivity contribution < 1.29 is 19.1 Å². The number of aryl methyl sites for hydroxylation is 2. The average Bonchev–Trinajstić information content (AvgIpc) is 3.30. The SMILES string of the molecule is COC(=O)c1ccccc1NC(=O)CN1C(=O)CC(c2cccs2)=Nc2cc(C)c(C)cc21. The van der Waals surface area contributed by atoms with E-state index in [1.54, 1.807) is 24.3 Å². The Morgan fingerprint density at radius 1 is 1.12 bits per heavy atom. The van der Waals surface area contributed by atoms with Gasteiger partial charge < -0.3 is 15.0 Å². The van der Waals surface area contributed by atoms with E-state index in [-0.39, 0.29) is 24.4 Å². The number of aliphatic imine (C=N–C) groups is 1. The van der Waals surface area contributed by atoms with E-state index in [4.69, 9.17) is 9.73 Å². The van der Waals surface area contributed by atoms with Crippen molar-refractivity contribution in [1.29, 1.82) is 0 Å². The number of benzene rings is 2. The molecule has 0 saturated carbocycles. The van der Waals surface area contributed by atoms with Crippen molar-refractivity contribution in [3.05, 3.63) is 75.5 Å². The van der Waals surface area contributed by atoms with Gasteiger partial charge in [-0.2, -0.15) is 0 Å². The minimum Gasteiger partial charge on any atom is -0.465 e. The third-order valence-electron chi connectivity index (χ3n) is 5.47. The number of para-hydroxylation sites is 1. The van der Waals surface area contributed by atoms with Crippen LogP contribution in [0.5, 0.6) is 0 Å². The first-order valence-corrected chi connectivity index (χ1v) is 11.3. The highest BCUT2D eigenvalue weighted by Crippen LogP contribution is 2.36. The molecule has 0 unspecified atom stereocenters. The van der Waals surface area contributed by atoms with Gasteiger partial charge in [-0.1, -0.05) is 18.2 Å². The number of carbonyl (C=O) groups is 3. The van der Waals surface area contributed by atoms with Gasteiger partial charge in [0.25, 0.3) is 0 Å². The minimum atomic E-state index is -0.554. The molecule has 168 valence electrons. The summed E-state index contributed by atoms with van der Waals surface area (Å²) >= 11 is 1.52. The van der Waals surface area contributed by atoms with Gasteiger partial charge in [0.15, 0.2) is 0 Å². The summed E-state index contributed by atoms with van der Waals surface area (Å²) in [5.41, 5.74) is 4.53. The largest absolute Gasteiger partial charge is 0.465 e. The number of anilines is 2. The number of esters is 1. The lowest BCUT2D eigenvalue weighted by atomic mass is 10.1. The van der Waals surface area contributed by atoms with Crippen molar-refractivity contribution in [3.63, 3.8) is 0 Å². The van der Waals surface area contributed by atoms with Gasteiger partial charge in [0.05, 0.1) is 41.9 Å². The van der Waals surface area contributed by atoms with E-state index in [2.05, 4.69) is 5.32 Å².